The van der Waals surface area contributed by atoms with E-state index >= 15 is 0 Å². The summed E-state index contributed by atoms with van der Waals surface area (Å²) in [6.45, 7) is 7.34. The van der Waals surface area contributed by atoms with E-state index in [-0.39, 0.29) is 0 Å². The summed E-state index contributed by atoms with van der Waals surface area (Å²) in [6, 6.07) is 0. The van der Waals surface area contributed by atoms with Crippen LogP contribution in [0.15, 0.2) is 0 Å². The Morgan fingerprint density at radius 2 is 2.20 bits per heavy atom. The molecule has 0 aromatic rings. The second-order valence-electron chi connectivity index (χ2n) is 4.08. The van der Waals surface area contributed by atoms with Gasteiger partial charge in [0.05, 0.1) is 0 Å². The lowest BCUT2D eigenvalue weighted by Crippen LogP contribution is -2.66. The van der Waals surface area contributed by atoms with Crippen molar-refractivity contribution in [3.8, 4) is 0 Å². The van der Waals surface area contributed by atoms with Crippen molar-refractivity contribution in [2.75, 3.05) is 13.1 Å². The van der Waals surface area contributed by atoms with Crippen LogP contribution in [-0.4, -0.2) is 13.1 Å². The summed E-state index contributed by atoms with van der Waals surface area (Å²) in [4.78, 5) is 0. The molecule has 0 amide bonds. The molecular formula is C9H17N. The fourth-order valence-electron chi connectivity index (χ4n) is 2.76. The summed E-state index contributed by atoms with van der Waals surface area (Å²) < 4.78 is 0. The fourth-order valence-corrected chi connectivity index (χ4v) is 2.76. The van der Waals surface area contributed by atoms with Crippen LogP contribution in [0.2, 0.25) is 0 Å². The van der Waals surface area contributed by atoms with Gasteiger partial charge in [0, 0.05) is 18.5 Å². The molecule has 1 saturated heterocycles. The molecule has 1 heterocycles. The van der Waals surface area contributed by atoms with Crippen LogP contribution in [0.5, 0.6) is 0 Å². The predicted octanol–water partition coefficient (Wildman–Crippen LogP) is 1.64. The maximum Gasteiger partial charge on any atom is 0.00255 e. The molecule has 1 heteroatoms. The minimum Gasteiger partial charge on any atom is -0.315 e. The lowest BCUT2D eigenvalue weighted by Gasteiger charge is -2.61. The largest absolute Gasteiger partial charge is 0.315 e. The number of nitrogens with one attached hydrogen (secondary N) is 1. The van der Waals surface area contributed by atoms with Gasteiger partial charge in [-0.1, -0.05) is 20.3 Å². The van der Waals surface area contributed by atoms with Gasteiger partial charge in [0.1, 0.15) is 0 Å². The van der Waals surface area contributed by atoms with Gasteiger partial charge in [-0.2, -0.15) is 0 Å². The van der Waals surface area contributed by atoms with Crippen molar-refractivity contribution in [2.45, 2.75) is 26.7 Å². The van der Waals surface area contributed by atoms with Crippen molar-refractivity contribution < 1.29 is 0 Å². The Kier molecular flexibility index (Phi) is 1.31. The Labute approximate surface area is 63.2 Å². The highest BCUT2D eigenvalue weighted by Crippen LogP contribution is 2.55. The molecule has 2 rings (SSSR count). The normalized spacial score (nSPS) is 42.6. The van der Waals surface area contributed by atoms with Crippen LogP contribution < -0.4 is 5.32 Å². The van der Waals surface area contributed by atoms with E-state index in [2.05, 4.69) is 19.2 Å². The molecule has 0 radical (unpaired) electrons. The third kappa shape index (κ3) is 0.572. The first-order valence-electron chi connectivity index (χ1n) is 4.50. The average molecular weight is 139 g/mol. The molecule has 1 aliphatic carbocycles. The Bertz CT molecular complexity index is 138. The summed E-state index contributed by atoms with van der Waals surface area (Å²) in [5.41, 5.74) is 0.759. The highest BCUT2D eigenvalue weighted by molar-refractivity contribution is 5.07. The highest BCUT2D eigenvalue weighted by atomic mass is 15.0. The van der Waals surface area contributed by atoms with E-state index in [0.29, 0.717) is 0 Å². The molecule has 1 aliphatic heterocycles. The SMILES string of the molecule is CCC1CC(C)C12CNC2. The molecule has 2 unspecified atom stereocenters. The van der Waals surface area contributed by atoms with Crippen molar-refractivity contribution in [1.29, 1.82) is 0 Å². The van der Waals surface area contributed by atoms with Gasteiger partial charge in [0.15, 0.2) is 0 Å². The van der Waals surface area contributed by atoms with E-state index in [1.807, 2.05) is 0 Å². The Morgan fingerprint density at radius 3 is 2.40 bits per heavy atom. The summed E-state index contributed by atoms with van der Waals surface area (Å²) >= 11 is 0. The van der Waals surface area contributed by atoms with Gasteiger partial charge in [0.25, 0.3) is 0 Å². The van der Waals surface area contributed by atoms with E-state index in [9.17, 15) is 0 Å². The number of rotatable bonds is 1. The summed E-state index contributed by atoms with van der Waals surface area (Å²) in [6.07, 6.45) is 2.88. The second-order valence-corrected chi connectivity index (χ2v) is 4.08. The molecule has 2 fully saturated rings. The third-order valence-corrected chi connectivity index (χ3v) is 3.83. The zero-order chi connectivity index (χ0) is 7.19. The first-order valence-corrected chi connectivity index (χ1v) is 4.50. The van der Waals surface area contributed by atoms with Crippen molar-refractivity contribution in [3.05, 3.63) is 0 Å². The first kappa shape index (κ1) is 6.66. The lowest BCUT2D eigenvalue weighted by molar-refractivity contribution is -0.0883. The van der Waals surface area contributed by atoms with Crippen molar-refractivity contribution in [1.82, 2.24) is 5.32 Å². The molecule has 58 valence electrons. The molecule has 2 aliphatic rings. The van der Waals surface area contributed by atoms with Crippen LogP contribution in [-0.2, 0) is 0 Å². The van der Waals surface area contributed by atoms with Gasteiger partial charge >= 0.3 is 0 Å². The Balaban J connectivity index is 2.03. The topological polar surface area (TPSA) is 12.0 Å². The maximum absolute atomic E-state index is 3.40. The minimum absolute atomic E-state index is 0.759. The Hall–Kier alpha value is -0.0400. The van der Waals surface area contributed by atoms with E-state index in [0.717, 1.165) is 17.3 Å². The monoisotopic (exact) mass is 139 g/mol. The summed E-state index contributed by atoms with van der Waals surface area (Å²) in [5, 5.41) is 3.40. The van der Waals surface area contributed by atoms with Crippen LogP contribution in [0.25, 0.3) is 0 Å². The Morgan fingerprint density at radius 1 is 1.50 bits per heavy atom. The average Bonchev–Trinajstić information content (AvgIpc) is 1.78. The second kappa shape index (κ2) is 1.97. The van der Waals surface area contributed by atoms with E-state index in [4.69, 9.17) is 0 Å². The molecule has 0 aromatic heterocycles. The molecule has 0 bridgehead atoms. The van der Waals surface area contributed by atoms with Gasteiger partial charge in [0.2, 0.25) is 0 Å². The standard InChI is InChI=1S/C9H17N/c1-3-8-4-7(2)9(8)5-10-6-9/h7-8,10H,3-6H2,1-2H3. The van der Waals surface area contributed by atoms with Gasteiger partial charge in [-0.25, -0.2) is 0 Å². The van der Waals surface area contributed by atoms with Crippen molar-refractivity contribution in [3.63, 3.8) is 0 Å². The first-order chi connectivity index (χ1) is 4.79. The lowest BCUT2D eigenvalue weighted by atomic mass is 9.50. The molecular weight excluding hydrogens is 122 g/mol. The maximum atomic E-state index is 3.40. The van der Waals surface area contributed by atoms with E-state index < -0.39 is 0 Å². The molecule has 1 nitrogen and oxygen atoms in total. The van der Waals surface area contributed by atoms with E-state index in [1.54, 1.807) is 0 Å². The van der Waals surface area contributed by atoms with E-state index in [1.165, 1.54) is 25.9 Å². The predicted molar refractivity (Wildman–Crippen MR) is 42.9 cm³/mol. The summed E-state index contributed by atoms with van der Waals surface area (Å²) in [7, 11) is 0. The molecule has 1 spiro atoms. The minimum atomic E-state index is 0.759. The van der Waals surface area contributed by atoms with Gasteiger partial charge in [-0.05, 0) is 18.3 Å². The number of hydrogen-bond acceptors (Lipinski definition) is 1. The van der Waals surface area contributed by atoms with Crippen LogP contribution >= 0.6 is 0 Å². The van der Waals surface area contributed by atoms with Crippen molar-refractivity contribution in [2.24, 2.45) is 17.3 Å². The molecule has 0 aromatic carbocycles. The van der Waals surface area contributed by atoms with Crippen LogP contribution in [0, 0.1) is 17.3 Å². The molecule has 2 atom stereocenters. The van der Waals surface area contributed by atoms with Crippen LogP contribution in [0.4, 0.5) is 0 Å². The zero-order valence-corrected chi connectivity index (χ0v) is 6.98. The fraction of sp³-hybridized carbons (Fsp3) is 1.00. The van der Waals surface area contributed by atoms with Gasteiger partial charge in [-0.15, -0.1) is 0 Å². The van der Waals surface area contributed by atoms with Crippen LogP contribution in [0.1, 0.15) is 26.7 Å². The van der Waals surface area contributed by atoms with Gasteiger partial charge in [-0.3, -0.25) is 0 Å². The van der Waals surface area contributed by atoms with Gasteiger partial charge < -0.3 is 5.32 Å². The summed E-state index contributed by atoms with van der Waals surface area (Å²) in [5.74, 6) is 2.04. The molecule has 1 saturated carbocycles. The van der Waals surface area contributed by atoms with Crippen LogP contribution in [0.3, 0.4) is 0 Å². The van der Waals surface area contributed by atoms with Crippen molar-refractivity contribution >= 4 is 0 Å². The smallest absolute Gasteiger partial charge is 0.00255 e. The quantitative estimate of drug-likeness (QED) is 0.582. The molecule has 10 heavy (non-hydrogen) atoms. The highest BCUT2D eigenvalue weighted by Gasteiger charge is 2.54. The number of hydrogen-bond donors (Lipinski definition) is 1. The molecule has 1 N–H and O–H groups in total. The zero-order valence-electron chi connectivity index (χ0n) is 6.98. The third-order valence-electron chi connectivity index (χ3n) is 3.83.